The summed E-state index contributed by atoms with van der Waals surface area (Å²) in [6.45, 7) is 7.27. The Kier molecular flexibility index (Phi) is 3.49. The summed E-state index contributed by atoms with van der Waals surface area (Å²) >= 11 is 0. The van der Waals surface area contributed by atoms with E-state index in [2.05, 4.69) is 39.0 Å². The van der Waals surface area contributed by atoms with Crippen LogP contribution in [0, 0.1) is 19.8 Å². The smallest absolute Gasteiger partial charge is 0.00483 e. The first kappa shape index (κ1) is 10.3. The Morgan fingerprint density at radius 3 is 2.62 bits per heavy atom. The molecule has 1 aromatic carbocycles. The number of nitrogens with two attached hydrogens (primary N) is 1. The molecule has 0 aliphatic carbocycles. The van der Waals surface area contributed by atoms with Gasteiger partial charge in [0.1, 0.15) is 0 Å². The molecule has 1 aromatic rings. The van der Waals surface area contributed by atoms with Gasteiger partial charge in [0, 0.05) is 0 Å². The van der Waals surface area contributed by atoms with Crippen molar-refractivity contribution in [1.82, 2.24) is 0 Å². The Labute approximate surface area is 81.0 Å². The molecule has 0 saturated heterocycles. The quantitative estimate of drug-likeness (QED) is 0.754. The molecule has 2 N–H and O–H groups in total. The third kappa shape index (κ3) is 2.85. The summed E-state index contributed by atoms with van der Waals surface area (Å²) in [6, 6.07) is 6.61. The van der Waals surface area contributed by atoms with E-state index >= 15 is 0 Å². The van der Waals surface area contributed by atoms with Gasteiger partial charge in [0.05, 0.1) is 0 Å². The normalized spacial score (nSPS) is 12.9. The van der Waals surface area contributed by atoms with E-state index in [0.29, 0.717) is 5.92 Å². The highest BCUT2D eigenvalue weighted by Gasteiger charge is 2.03. The monoisotopic (exact) mass is 177 g/mol. The highest BCUT2D eigenvalue weighted by atomic mass is 14.5. The van der Waals surface area contributed by atoms with Gasteiger partial charge in [0.2, 0.25) is 0 Å². The Balaban J connectivity index is 2.81. The van der Waals surface area contributed by atoms with E-state index in [1.54, 1.807) is 0 Å². The van der Waals surface area contributed by atoms with Crippen LogP contribution in [0.15, 0.2) is 18.2 Å². The Morgan fingerprint density at radius 1 is 1.31 bits per heavy atom. The molecule has 0 spiro atoms. The van der Waals surface area contributed by atoms with Crippen LogP contribution in [0.25, 0.3) is 0 Å². The Morgan fingerprint density at radius 2 is 2.00 bits per heavy atom. The van der Waals surface area contributed by atoms with Crippen molar-refractivity contribution in [2.45, 2.75) is 27.2 Å². The van der Waals surface area contributed by atoms with Crippen molar-refractivity contribution in [3.05, 3.63) is 34.9 Å². The van der Waals surface area contributed by atoms with Gasteiger partial charge in [0.15, 0.2) is 0 Å². The lowest BCUT2D eigenvalue weighted by atomic mass is 9.96. The predicted octanol–water partition coefficient (Wildman–Crippen LogP) is 2.44. The minimum atomic E-state index is 0.584. The average molecular weight is 177 g/mol. The van der Waals surface area contributed by atoms with Crippen LogP contribution in [-0.4, -0.2) is 6.54 Å². The third-order valence-electron chi connectivity index (χ3n) is 2.48. The summed E-state index contributed by atoms with van der Waals surface area (Å²) in [5, 5.41) is 0. The zero-order valence-electron chi connectivity index (χ0n) is 8.80. The first-order valence-electron chi connectivity index (χ1n) is 4.89. The largest absolute Gasteiger partial charge is 0.330 e. The molecule has 0 aliphatic heterocycles. The van der Waals surface area contributed by atoms with Crippen LogP contribution in [0.4, 0.5) is 0 Å². The van der Waals surface area contributed by atoms with Crippen LogP contribution >= 0.6 is 0 Å². The zero-order chi connectivity index (χ0) is 9.84. The van der Waals surface area contributed by atoms with E-state index in [9.17, 15) is 0 Å². The fraction of sp³-hybridized carbons (Fsp3) is 0.500. The molecule has 0 radical (unpaired) electrons. The standard InChI is InChI=1S/C12H19N/c1-9-4-5-11(3)12(6-9)7-10(2)8-13/h4-6,10H,7-8,13H2,1-3H3. The number of hydrogen-bond donors (Lipinski definition) is 1. The third-order valence-corrected chi connectivity index (χ3v) is 2.48. The van der Waals surface area contributed by atoms with E-state index in [1.807, 2.05) is 0 Å². The first-order chi connectivity index (χ1) is 6.13. The summed E-state index contributed by atoms with van der Waals surface area (Å²) in [7, 11) is 0. The maximum atomic E-state index is 5.61. The van der Waals surface area contributed by atoms with Gasteiger partial charge in [-0.1, -0.05) is 30.7 Å². The van der Waals surface area contributed by atoms with Crippen LogP contribution in [0.2, 0.25) is 0 Å². The van der Waals surface area contributed by atoms with Gasteiger partial charge in [-0.3, -0.25) is 0 Å². The SMILES string of the molecule is Cc1ccc(C)c(CC(C)CN)c1. The molecule has 1 atom stereocenters. The highest BCUT2D eigenvalue weighted by molar-refractivity contribution is 5.30. The lowest BCUT2D eigenvalue weighted by Gasteiger charge is -2.11. The van der Waals surface area contributed by atoms with Crippen LogP contribution in [0.5, 0.6) is 0 Å². The first-order valence-corrected chi connectivity index (χ1v) is 4.89. The molecule has 72 valence electrons. The van der Waals surface area contributed by atoms with Crippen molar-refractivity contribution < 1.29 is 0 Å². The second-order valence-corrected chi connectivity index (χ2v) is 3.97. The predicted molar refractivity (Wildman–Crippen MR) is 57.8 cm³/mol. The van der Waals surface area contributed by atoms with Gasteiger partial charge in [-0.15, -0.1) is 0 Å². The molecule has 0 saturated carbocycles. The van der Waals surface area contributed by atoms with Crippen LogP contribution in [0.1, 0.15) is 23.6 Å². The van der Waals surface area contributed by atoms with E-state index < -0.39 is 0 Å². The van der Waals surface area contributed by atoms with Crippen LogP contribution < -0.4 is 5.73 Å². The van der Waals surface area contributed by atoms with E-state index in [1.165, 1.54) is 16.7 Å². The van der Waals surface area contributed by atoms with Gasteiger partial charge in [-0.25, -0.2) is 0 Å². The summed E-state index contributed by atoms with van der Waals surface area (Å²) in [6.07, 6.45) is 1.10. The minimum Gasteiger partial charge on any atom is -0.330 e. The highest BCUT2D eigenvalue weighted by Crippen LogP contribution is 2.14. The Hall–Kier alpha value is -0.820. The summed E-state index contributed by atoms with van der Waals surface area (Å²) < 4.78 is 0. The number of benzene rings is 1. The molecule has 0 heterocycles. The second-order valence-electron chi connectivity index (χ2n) is 3.97. The topological polar surface area (TPSA) is 26.0 Å². The fourth-order valence-electron chi connectivity index (χ4n) is 1.48. The van der Waals surface area contributed by atoms with Crippen molar-refractivity contribution >= 4 is 0 Å². The molecule has 0 amide bonds. The molecular weight excluding hydrogens is 158 g/mol. The molecule has 1 nitrogen and oxygen atoms in total. The minimum absolute atomic E-state index is 0.584. The molecule has 1 rings (SSSR count). The summed E-state index contributed by atoms with van der Waals surface area (Å²) in [4.78, 5) is 0. The molecular formula is C12H19N. The van der Waals surface area contributed by atoms with Crippen molar-refractivity contribution in [2.24, 2.45) is 11.7 Å². The van der Waals surface area contributed by atoms with Crippen LogP contribution in [0.3, 0.4) is 0 Å². The van der Waals surface area contributed by atoms with Gasteiger partial charge < -0.3 is 5.73 Å². The van der Waals surface area contributed by atoms with Gasteiger partial charge >= 0.3 is 0 Å². The zero-order valence-corrected chi connectivity index (χ0v) is 8.80. The van der Waals surface area contributed by atoms with E-state index in [0.717, 1.165) is 13.0 Å². The lowest BCUT2D eigenvalue weighted by Crippen LogP contribution is -2.13. The molecule has 0 fully saturated rings. The molecule has 1 heteroatoms. The summed E-state index contributed by atoms with van der Waals surface area (Å²) in [5.41, 5.74) is 9.77. The molecule has 13 heavy (non-hydrogen) atoms. The Bertz CT molecular complexity index is 278. The van der Waals surface area contributed by atoms with E-state index in [-0.39, 0.29) is 0 Å². The molecule has 1 unspecified atom stereocenters. The van der Waals surface area contributed by atoms with E-state index in [4.69, 9.17) is 5.73 Å². The van der Waals surface area contributed by atoms with Gasteiger partial charge in [-0.05, 0) is 43.9 Å². The second kappa shape index (κ2) is 4.43. The number of rotatable bonds is 3. The molecule has 0 aliphatic rings. The van der Waals surface area contributed by atoms with Crippen molar-refractivity contribution in [1.29, 1.82) is 0 Å². The average Bonchev–Trinajstić information content (AvgIpc) is 2.11. The maximum Gasteiger partial charge on any atom is -0.00483 e. The van der Waals surface area contributed by atoms with Crippen molar-refractivity contribution in [3.63, 3.8) is 0 Å². The number of hydrogen-bond acceptors (Lipinski definition) is 1. The maximum absolute atomic E-state index is 5.61. The van der Waals surface area contributed by atoms with Crippen molar-refractivity contribution in [3.8, 4) is 0 Å². The summed E-state index contributed by atoms with van der Waals surface area (Å²) in [5.74, 6) is 0.584. The fourth-order valence-corrected chi connectivity index (χ4v) is 1.48. The van der Waals surface area contributed by atoms with Gasteiger partial charge in [-0.2, -0.15) is 0 Å². The molecule has 0 aromatic heterocycles. The molecule has 0 bridgehead atoms. The lowest BCUT2D eigenvalue weighted by molar-refractivity contribution is 0.591. The van der Waals surface area contributed by atoms with Gasteiger partial charge in [0.25, 0.3) is 0 Å². The van der Waals surface area contributed by atoms with Crippen molar-refractivity contribution in [2.75, 3.05) is 6.54 Å². The van der Waals surface area contributed by atoms with Crippen LogP contribution in [-0.2, 0) is 6.42 Å². The number of aryl methyl sites for hydroxylation is 2.